The molecule has 9 heteroatoms. The molecule has 33 heavy (non-hydrogen) atoms. The summed E-state index contributed by atoms with van der Waals surface area (Å²) in [6.45, 7) is 4.13. The van der Waals surface area contributed by atoms with E-state index in [1.807, 2.05) is 36.2 Å². The van der Waals surface area contributed by atoms with Crippen LogP contribution in [-0.4, -0.2) is 78.2 Å². The van der Waals surface area contributed by atoms with Gasteiger partial charge in [0, 0.05) is 62.3 Å². The second kappa shape index (κ2) is 9.21. The minimum Gasteiger partial charge on any atom is -0.508 e. The van der Waals surface area contributed by atoms with Gasteiger partial charge in [-0.3, -0.25) is 0 Å². The highest BCUT2D eigenvalue weighted by Gasteiger charge is 2.29. The fraction of sp³-hybridized carbons (Fsp3) is 0.375. The van der Waals surface area contributed by atoms with Crippen LogP contribution in [0.15, 0.2) is 42.6 Å². The van der Waals surface area contributed by atoms with Gasteiger partial charge in [0.2, 0.25) is 5.95 Å². The standard InChI is InChI=1S/C24H28N6O3/c1-28(9-12-31)21-16-18(5-7-25-21)30-8-6-20-22(17-3-2-4-19(32)15-17)26-24(27-23(20)30)29-10-13-33-14-11-29/h2-5,7,15-16,31-32H,6,8-14H2,1H3. The minimum atomic E-state index is 0.0678. The maximum Gasteiger partial charge on any atom is 0.228 e. The summed E-state index contributed by atoms with van der Waals surface area (Å²) in [5.41, 5.74) is 3.80. The number of pyridine rings is 1. The number of hydrogen-bond donors (Lipinski definition) is 2. The van der Waals surface area contributed by atoms with Crippen LogP contribution in [0.5, 0.6) is 5.75 Å². The molecule has 2 aliphatic rings. The van der Waals surface area contributed by atoms with Crippen molar-refractivity contribution in [3.05, 3.63) is 48.2 Å². The molecule has 0 saturated carbocycles. The van der Waals surface area contributed by atoms with Gasteiger partial charge < -0.3 is 29.6 Å². The van der Waals surface area contributed by atoms with Crippen LogP contribution in [0.25, 0.3) is 11.3 Å². The highest BCUT2D eigenvalue weighted by atomic mass is 16.5. The van der Waals surface area contributed by atoms with Crippen molar-refractivity contribution in [1.82, 2.24) is 15.0 Å². The van der Waals surface area contributed by atoms with E-state index in [1.165, 1.54) is 0 Å². The van der Waals surface area contributed by atoms with Gasteiger partial charge in [-0.05, 0) is 24.6 Å². The Morgan fingerprint density at radius 3 is 2.73 bits per heavy atom. The van der Waals surface area contributed by atoms with Crippen LogP contribution >= 0.6 is 0 Å². The summed E-state index contributed by atoms with van der Waals surface area (Å²) >= 11 is 0. The highest BCUT2D eigenvalue weighted by molar-refractivity contribution is 5.78. The number of likely N-dealkylation sites (N-methyl/N-ethyl adjacent to an activating group) is 1. The first-order valence-corrected chi connectivity index (χ1v) is 11.2. The SMILES string of the molecule is CN(CCO)c1cc(N2CCc3c(-c4cccc(O)c4)nc(N4CCOCC4)nc32)ccn1. The van der Waals surface area contributed by atoms with Gasteiger partial charge in [0.25, 0.3) is 0 Å². The van der Waals surface area contributed by atoms with Gasteiger partial charge in [-0.1, -0.05) is 12.1 Å². The first-order chi connectivity index (χ1) is 16.1. The van der Waals surface area contributed by atoms with Crippen LogP contribution in [0.2, 0.25) is 0 Å². The lowest BCUT2D eigenvalue weighted by Gasteiger charge is -2.28. The molecule has 2 aliphatic heterocycles. The Bertz CT molecular complexity index is 1130. The molecular formula is C24H28N6O3. The molecule has 0 bridgehead atoms. The number of anilines is 4. The van der Waals surface area contributed by atoms with Gasteiger partial charge in [-0.2, -0.15) is 4.98 Å². The van der Waals surface area contributed by atoms with Crippen LogP contribution in [-0.2, 0) is 11.2 Å². The Labute approximate surface area is 192 Å². The van der Waals surface area contributed by atoms with Crippen molar-refractivity contribution in [2.75, 3.05) is 67.7 Å². The summed E-state index contributed by atoms with van der Waals surface area (Å²) < 4.78 is 5.52. The topological polar surface area (TPSA) is 98.1 Å². The molecule has 2 aromatic heterocycles. The quantitative estimate of drug-likeness (QED) is 0.588. The number of morpholine rings is 1. The van der Waals surface area contributed by atoms with Crippen LogP contribution in [0.3, 0.4) is 0 Å². The number of rotatable bonds is 6. The Hall–Kier alpha value is -3.43. The number of phenols is 1. The smallest absolute Gasteiger partial charge is 0.228 e. The zero-order chi connectivity index (χ0) is 22.8. The van der Waals surface area contributed by atoms with Gasteiger partial charge in [-0.25, -0.2) is 9.97 Å². The third-order valence-electron chi connectivity index (χ3n) is 6.10. The van der Waals surface area contributed by atoms with E-state index in [2.05, 4.69) is 14.8 Å². The van der Waals surface area contributed by atoms with E-state index in [-0.39, 0.29) is 12.4 Å². The number of nitrogens with zero attached hydrogens (tertiary/aromatic N) is 6. The first-order valence-electron chi connectivity index (χ1n) is 11.2. The molecule has 172 valence electrons. The molecular weight excluding hydrogens is 420 g/mol. The zero-order valence-corrected chi connectivity index (χ0v) is 18.7. The fourth-order valence-corrected chi connectivity index (χ4v) is 4.34. The summed E-state index contributed by atoms with van der Waals surface area (Å²) in [4.78, 5) is 20.7. The molecule has 0 radical (unpaired) electrons. The van der Waals surface area contributed by atoms with Crippen LogP contribution in [0, 0.1) is 0 Å². The minimum absolute atomic E-state index is 0.0678. The van der Waals surface area contributed by atoms with Gasteiger partial charge in [0.15, 0.2) is 0 Å². The van der Waals surface area contributed by atoms with Crippen LogP contribution in [0.4, 0.5) is 23.3 Å². The Morgan fingerprint density at radius 1 is 1.09 bits per heavy atom. The number of phenolic OH excluding ortho intramolecular Hbond substituents is 1. The lowest BCUT2D eigenvalue weighted by atomic mass is 10.1. The van der Waals surface area contributed by atoms with E-state index in [0.29, 0.717) is 25.7 Å². The molecule has 5 rings (SSSR count). The molecule has 3 aromatic rings. The van der Waals surface area contributed by atoms with Crippen LogP contribution in [0.1, 0.15) is 5.56 Å². The van der Waals surface area contributed by atoms with Gasteiger partial charge >= 0.3 is 0 Å². The van der Waals surface area contributed by atoms with Crippen LogP contribution < -0.4 is 14.7 Å². The summed E-state index contributed by atoms with van der Waals surface area (Å²) in [6, 6.07) is 11.2. The first kappa shape index (κ1) is 21.4. The molecule has 1 aromatic carbocycles. The molecule has 0 unspecified atom stereocenters. The molecule has 0 amide bonds. The molecule has 2 N–H and O–H groups in total. The summed E-state index contributed by atoms with van der Waals surface area (Å²) in [6.07, 6.45) is 2.59. The predicted octanol–water partition coefficient (Wildman–Crippen LogP) is 2.20. The number of aliphatic hydroxyl groups is 1. The van der Waals surface area contributed by atoms with Crippen molar-refractivity contribution in [3.8, 4) is 17.0 Å². The molecule has 0 atom stereocenters. The average molecular weight is 449 g/mol. The van der Waals surface area contributed by atoms with E-state index < -0.39 is 0 Å². The van der Waals surface area contributed by atoms with E-state index in [9.17, 15) is 10.2 Å². The number of hydrogen-bond acceptors (Lipinski definition) is 9. The third-order valence-corrected chi connectivity index (χ3v) is 6.10. The summed E-state index contributed by atoms with van der Waals surface area (Å²) in [5, 5.41) is 19.4. The average Bonchev–Trinajstić information content (AvgIpc) is 3.28. The van der Waals surface area contributed by atoms with Gasteiger partial charge in [-0.15, -0.1) is 0 Å². The lowest BCUT2D eigenvalue weighted by molar-refractivity contribution is 0.122. The number of ether oxygens (including phenoxy) is 1. The Kier molecular flexibility index (Phi) is 5.97. The maximum absolute atomic E-state index is 10.1. The number of aromatic nitrogens is 3. The number of aromatic hydroxyl groups is 1. The van der Waals surface area contributed by atoms with E-state index in [0.717, 1.165) is 60.2 Å². The van der Waals surface area contributed by atoms with Crippen molar-refractivity contribution in [2.24, 2.45) is 0 Å². The van der Waals surface area contributed by atoms with Crippen molar-refractivity contribution in [3.63, 3.8) is 0 Å². The summed E-state index contributed by atoms with van der Waals surface area (Å²) in [5.74, 6) is 2.57. The highest BCUT2D eigenvalue weighted by Crippen LogP contribution is 2.40. The second-order valence-electron chi connectivity index (χ2n) is 8.24. The van der Waals surface area contributed by atoms with Crippen molar-refractivity contribution in [2.45, 2.75) is 6.42 Å². The van der Waals surface area contributed by atoms with Gasteiger partial charge in [0.1, 0.15) is 17.4 Å². The van der Waals surface area contributed by atoms with Crippen molar-refractivity contribution in [1.29, 1.82) is 0 Å². The molecule has 1 saturated heterocycles. The summed E-state index contributed by atoms with van der Waals surface area (Å²) in [7, 11) is 1.92. The molecule has 0 aliphatic carbocycles. The monoisotopic (exact) mass is 448 g/mol. The lowest BCUT2D eigenvalue weighted by Crippen LogP contribution is -2.37. The Morgan fingerprint density at radius 2 is 1.94 bits per heavy atom. The predicted molar refractivity (Wildman–Crippen MR) is 127 cm³/mol. The molecule has 9 nitrogen and oxygen atoms in total. The van der Waals surface area contributed by atoms with Gasteiger partial charge in [0.05, 0.1) is 25.5 Å². The van der Waals surface area contributed by atoms with E-state index >= 15 is 0 Å². The van der Waals surface area contributed by atoms with E-state index in [1.54, 1.807) is 18.3 Å². The van der Waals surface area contributed by atoms with E-state index in [4.69, 9.17) is 14.7 Å². The third kappa shape index (κ3) is 4.29. The number of fused-ring (bicyclic) bond motifs is 1. The van der Waals surface area contributed by atoms with Crippen molar-refractivity contribution < 1.29 is 14.9 Å². The normalized spacial score (nSPS) is 15.6. The molecule has 1 fully saturated rings. The molecule has 4 heterocycles. The van der Waals surface area contributed by atoms with Crippen molar-refractivity contribution >= 4 is 23.3 Å². The maximum atomic E-state index is 10.1. The molecule has 0 spiro atoms. The fourth-order valence-electron chi connectivity index (χ4n) is 4.34. The number of aliphatic hydroxyl groups excluding tert-OH is 1. The second-order valence-corrected chi connectivity index (χ2v) is 8.24. The number of benzene rings is 1. The largest absolute Gasteiger partial charge is 0.508 e. The Balaban J connectivity index is 1.59. The zero-order valence-electron chi connectivity index (χ0n) is 18.7.